The van der Waals surface area contributed by atoms with Gasteiger partial charge in [0, 0.05) is 23.7 Å². The number of anilines is 1. The van der Waals surface area contributed by atoms with Crippen LogP contribution in [0.25, 0.3) is 0 Å². The minimum absolute atomic E-state index is 0.125. The molecular formula is C17H17N3O4. The van der Waals surface area contributed by atoms with Crippen molar-refractivity contribution in [1.82, 2.24) is 5.32 Å². The first-order chi connectivity index (χ1) is 11.4. The number of para-hydroxylation sites is 1. The molecular weight excluding hydrogens is 310 g/mol. The van der Waals surface area contributed by atoms with E-state index in [4.69, 9.17) is 0 Å². The summed E-state index contributed by atoms with van der Waals surface area (Å²) in [6.07, 6.45) is 0. The number of carbonyl (C=O) groups excluding carboxylic acids is 2. The van der Waals surface area contributed by atoms with Crippen LogP contribution in [0.2, 0.25) is 0 Å². The van der Waals surface area contributed by atoms with E-state index in [0.717, 1.165) is 0 Å². The maximum absolute atomic E-state index is 12.4. The summed E-state index contributed by atoms with van der Waals surface area (Å²) in [6, 6.07) is 10.8. The number of hydrogen-bond donors (Lipinski definition) is 2. The van der Waals surface area contributed by atoms with Crippen molar-refractivity contribution in [3.05, 3.63) is 69.3 Å². The monoisotopic (exact) mass is 327 g/mol. The van der Waals surface area contributed by atoms with E-state index >= 15 is 0 Å². The molecule has 0 aromatic heterocycles. The fourth-order valence-corrected chi connectivity index (χ4v) is 2.19. The van der Waals surface area contributed by atoms with Gasteiger partial charge in [0.1, 0.15) is 0 Å². The number of benzene rings is 2. The Balaban J connectivity index is 2.29. The van der Waals surface area contributed by atoms with Crippen LogP contribution in [-0.2, 0) is 0 Å². The van der Waals surface area contributed by atoms with Gasteiger partial charge in [-0.15, -0.1) is 0 Å². The highest BCUT2D eigenvalue weighted by atomic mass is 16.6. The van der Waals surface area contributed by atoms with Gasteiger partial charge in [-0.3, -0.25) is 19.7 Å². The van der Waals surface area contributed by atoms with Crippen molar-refractivity contribution in [1.29, 1.82) is 0 Å². The van der Waals surface area contributed by atoms with Gasteiger partial charge >= 0.3 is 0 Å². The summed E-state index contributed by atoms with van der Waals surface area (Å²) in [5.41, 5.74) is 1.17. The zero-order chi connectivity index (χ0) is 17.7. The lowest BCUT2D eigenvalue weighted by atomic mass is 10.1. The Hall–Kier alpha value is -3.22. The average Bonchev–Trinajstić information content (AvgIpc) is 2.55. The highest BCUT2D eigenvalue weighted by molar-refractivity contribution is 6.09. The minimum atomic E-state index is -0.533. The number of hydrogen-bond acceptors (Lipinski definition) is 4. The number of rotatable bonds is 5. The van der Waals surface area contributed by atoms with Crippen molar-refractivity contribution in [2.75, 3.05) is 11.9 Å². The first-order valence-corrected chi connectivity index (χ1v) is 7.37. The third-order valence-electron chi connectivity index (χ3n) is 3.43. The smallest absolute Gasteiger partial charge is 0.273 e. The van der Waals surface area contributed by atoms with E-state index in [-0.39, 0.29) is 17.2 Å². The molecule has 0 spiro atoms. The van der Waals surface area contributed by atoms with Gasteiger partial charge in [-0.05, 0) is 32.0 Å². The van der Waals surface area contributed by atoms with Crippen molar-refractivity contribution < 1.29 is 14.5 Å². The van der Waals surface area contributed by atoms with E-state index in [1.807, 2.05) is 0 Å². The standard InChI is InChI=1S/C17H17N3O4/c1-3-18-17(22)13-6-4-5-7-14(13)19-16(21)12-9-8-11(2)15(10-12)20(23)24/h4-10H,3H2,1-2H3,(H,18,22)(H,19,21). The number of amides is 2. The van der Waals surface area contributed by atoms with E-state index in [2.05, 4.69) is 10.6 Å². The molecule has 0 heterocycles. The van der Waals surface area contributed by atoms with Crippen molar-refractivity contribution >= 4 is 23.2 Å². The second kappa shape index (κ2) is 7.36. The second-order valence-corrected chi connectivity index (χ2v) is 5.12. The third-order valence-corrected chi connectivity index (χ3v) is 3.43. The Morgan fingerprint density at radius 1 is 1.12 bits per heavy atom. The molecule has 0 fully saturated rings. The average molecular weight is 327 g/mol. The molecule has 0 atom stereocenters. The molecule has 0 aliphatic carbocycles. The summed E-state index contributed by atoms with van der Waals surface area (Å²) in [6.45, 7) is 3.86. The molecule has 2 aromatic carbocycles. The van der Waals surface area contributed by atoms with Gasteiger partial charge in [-0.1, -0.05) is 18.2 Å². The minimum Gasteiger partial charge on any atom is -0.352 e. The quantitative estimate of drug-likeness (QED) is 0.651. The highest BCUT2D eigenvalue weighted by Crippen LogP contribution is 2.21. The Kier molecular flexibility index (Phi) is 5.26. The number of nitrogens with one attached hydrogen (secondary N) is 2. The zero-order valence-electron chi connectivity index (χ0n) is 13.3. The number of carbonyl (C=O) groups is 2. The predicted molar refractivity (Wildman–Crippen MR) is 90.2 cm³/mol. The first-order valence-electron chi connectivity index (χ1n) is 7.37. The van der Waals surface area contributed by atoms with Crippen LogP contribution in [0.1, 0.15) is 33.2 Å². The maximum Gasteiger partial charge on any atom is 0.273 e. The van der Waals surface area contributed by atoms with Gasteiger partial charge in [-0.2, -0.15) is 0 Å². The van der Waals surface area contributed by atoms with Crippen molar-refractivity contribution in [3.8, 4) is 0 Å². The third kappa shape index (κ3) is 3.75. The number of aryl methyl sites for hydroxylation is 1. The fourth-order valence-electron chi connectivity index (χ4n) is 2.19. The van der Waals surface area contributed by atoms with Gasteiger partial charge in [0.15, 0.2) is 0 Å². The van der Waals surface area contributed by atoms with Gasteiger partial charge in [0.05, 0.1) is 16.2 Å². The first kappa shape index (κ1) is 17.1. The van der Waals surface area contributed by atoms with Crippen LogP contribution in [0, 0.1) is 17.0 Å². The molecule has 0 aliphatic heterocycles. The van der Waals surface area contributed by atoms with Crippen LogP contribution < -0.4 is 10.6 Å². The van der Waals surface area contributed by atoms with Crippen LogP contribution in [-0.4, -0.2) is 23.3 Å². The van der Waals surface area contributed by atoms with E-state index in [1.54, 1.807) is 38.1 Å². The summed E-state index contributed by atoms with van der Waals surface area (Å²) >= 11 is 0. The molecule has 2 aromatic rings. The summed E-state index contributed by atoms with van der Waals surface area (Å²) in [4.78, 5) is 34.8. The molecule has 7 heteroatoms. The highest BCUT2D eigenvalue weighted by Gasteiger charge is 2.17. The molecule has 7 nitrogen and oxygen atoms in total. The SMILES string of the molecule is CCNC(=O)c1ccccc1NC(=O)c1ccc(C)c([N+](=O)[O-])c1. The van der Waals surface area contributed by atoms with Crippen molar-refractivity contribution in [2.24, 2.45) is 0 Å². The van der Waals surface area contributed by atoms with Gasteiger partial charge < -0.3 is 10.6 Å². The van der Waals surface area contributed by atoms with Gasteiger partial charge in [0.2, 0.25) is 0 Å². The van der Waals surface area contributed by atoms with Gasteiger partial charge in [-0.25, -0.2) is 0 Å². The molecule has 0 unspecified atom stereocenters. The Morgan fingerprint density at radius 3 is 2.50 bits per heavy atom. The largest absolute Gasteiger partial charge is 0.352 e. The topological polar surface area (TPSA) is 101 Å². The molecule has 2 rings (SSSR count). The second-order valence-electron chi connectivity index (χ2n) is 5.12. The molecule has 0 aliphatic rings. The summed E-state index contributed by atoms with van der Waals surface area (Å²) in [7, 11) is 0. The van der Waals surface area contributed by atoms with Crippen molar-refractivity contribution in [3.63, 3.8) is 0 Å². The van der Waals surface area contributed by atoms with Crippen LogP contribution in [0.5, 0.6) is 0 Å². The maximum atomic E-state index is 12.4. The number of nitro groups is 1. The summed E-state index contributed by atoms with van der Waals surface area (Å²) in [5, 5.41) is 16.3. The van der Waals surface area contributed by atoms with E-state index < -0.39 is 10.8 Å². The Morgan fingerprint density at radius 2 is 1.83 bits per heavy atom. The van der Waals surface area contributed by atoms with E-state index in [0.29, 0.717) is 23.4 Å². The van der Waals surface area contributed by atoms with E-state index in [9.17, 15) is 19.7 Å². The molecule has 2 N–H and O–H groups in total. The van der Waals surface area contributed by atoms with E-state index in [1.165, 1.54) is 18.2 Å². The molecule has 124 valence electrons. The summed E-state index contributed by atoms with van der Waals surface area (Å²) in [5.74, 6) is -0.821. The Bertz CT molecular complexity index is 802. The molecule has 2 amide bonds. The van der Waals surface area contributed by atoms with Gasteiger partial charge in [0.25, 0.3) is 17.5 Å². The molecule has 0 bridgehead atoms. The molecule has 0 saturated carbocycles. The summed E-state index contributed by atoms with van der Waals surface area (Å²) < 4.78 is 0. The van der Waals surface area contributed by atoms with Crippen LogP contribution >= 0.6 is 0 Å². The Labute approximate surface area is 138 Å². The zero-order valence-corrected chi connectivity index (χ0v) is 13.3. The van der Waals surface area contributed by atoms with Crippen molar-refractivity contribution in [2.45, 2.75) is 13.8 Å². The predicted octanol–water partition coefficient (Wildman–Crippen LogP) is 2.91. The number of nitro benzene ring substituents is 1. The van der Waals surface area contributed by atoms with Crippen LogP contribution in [0.3, 0.4) is 0 Å². The molecule has 0 saturated heterocycles. The normalized spacial score (nSPS) is 10.1. The lowest BCUT2D eigenvalue weighted by Gasteiger charge is -2.11. The van der Waals surface area contributed by atoms with Crippen LogP contribution in [0.15, 0.2) is 42.5 Å². The lowest BCUT2D eigenvalue weighted by molar-refractivity contribution is -0.385. The number of nitrogens with zero attached hydrogens (tertiary/aromatic N) is 1. The molecule has 0 radical (unpaired) electrons. The lowest BCUT2D eigenvalue weighted by Crippen LogP contribution is -2.24. The fraction of sp³-hybridized carbons (Fsp3) is 0.176. The van der Waals surface area contributed by atoms with Crippen LogP contribution in [0.4, 0.5) is 11.4 Å². The molecule has 24 heavy (non-hydrogen) atoms.